The summed E-state index contributed by atoms with van der Waals surface area (Å²) in [5.74, 6) is 0.235. The van der Waals surface area contributed by atoms with E-state index in [1.807, 2.05) is 18.2 Å². The Morgan fingerprint density at radius 1 is 1.12 bits per heavy atom. The van der Waals surface area contributed by atoms with Crippen LogP contribution < -0.4 is 0 Å². The number of ketones is 1. The maximum absolute atomic E-state index is 10.9. The number of carbonyl (C=O) groups is 1. The number of aromatic nitrogens is 1. The minimum absolute atomic E-state index is 0.235. The maximum atomic E-state index is 10.9. The van der Waals surface area contributed by atoms with Crippen molar-refractivity contribution in [3.8, 4) is 11.3 Å². The fourth-order valence-corrected chi connectivity index (χ4v) is 1.70. The topological polar surface area (TPSA) is 30.0 Å². The minimum Gasteiger partial charge on any atom is -0.300 e. The molecule has 0 N–H and O–H groups in total. The Kier molecular flexibility index (Phi) is 3.66. The van der Waals surface area contributed by atoms with Crippen LogP contribution in [-0.4, -0.2) is 10.8 Å². The highest BCUT2D eigenvalue weighted by Gasteiger charge is 2.00. The molecule has 0 saturated carbocycles. The number of benzene rings is 1. The van der Waals surface area contributed by atoms with Crippen LogP contribution in [0, 0.1) is 0 Å². The lowest BCUT2D eigenvalue weighted by Gasteiger charge is -2.02. The summed E-state index contributed by atoms with van der Waals surface area (Å²) >= 11 is 0. The highest BCUT2D eigenvalue weighted by Crippen LogP contribution is 2.17. The van der Waals surface area contributed by atoms with Crippen LogP contribution in [0.15, 0.2) is 48.7 Å². The van der Waals surface area contributed by atoms with Gasteiger partial charge in [-0.3, -0.25) is 4.98 Å². The number of Topliss-reactive ketones (excluding diaryl/α,β-unsaturated/α-hetero) is 1. The minimum atomic E-state index is 0.235. The van der Waals surface area contributed by atoms with Gasteiger partial charge in [0.15, 0.2) is 0 Å². The van der Waals surface area contributed by atoms with Crippen LogP contribution in [-0.2, 0) is 11.2 Å². The fraction of sp³-hybridized carbons (Fsp3) is 0.200. The molecule has 1 heterocycles. The van der Waals surface area contributed by atoms with E-state index in [1.165, 1.54) is 5.56 Å². The van der Waals surface area contributed by atoms with Gasteiger partial charge in [0.2, 0.25) is 0 Å². The number of nitrogens with zero attached hydrogens (tertiary/aromatic N) is 1. The number of pyridine rings is 1. The number of hydrogen-bond acceptors (Lipinski definition) is 2. The molecule has 0 atom stereocenters. The molecule has 17 heavy (non-hydrogen) atoms. The van der Waals surface area contributed by atoms with Gasteiger partial charge >= 0.3 is 0 Å². The van der Waals surface area contributed by atoms with E-state index in [2.05, 4.69) is 29.2 Å². The number of hydrogen-bond donors (Lipinski definition) is 0. The molecule has 86 valence electrons. The first-order valence-electron chi connectivity index (χ1n) is 5.75. The van der Waals surface area contributed by atoms with Crippen molar-refractivity contribution in [2.24, 2.45) is 0 Å². The van der Waals surface area contributed by atoms with Gasteiger partial charge in [0.1, 0.15) is 5.78 Å². The van der Waals surface area contributed by atoms with Crippen molar-refractivity contribution < 1.29 is 4.79 Å². The molecule has 0 bridgehead atoms. The van der Waals surface area contributed by atoms with E-state index in [0.717, 1.165) is 17.7 Å². The first kappa shape index (κ1) is 11.5. The highest BCUT2D eigenvalue weighted by molar-refractivity contribution is 5.75. The van der Waals surface area contributed by atoms with Crippen molar-refractivity contribution in [3.05, 3.63) is 54.2 Å². The van der Waals surface area contributed by atoms with Gasteiger partial charge in [0.05, 0.1) is 5.69 Å². The third-order valence-electron chi connectivity index (χ3n) is 2.68. The van der Waals surface area contributed by atoms with Crippen molar-refractivity contribution in [1.29, 1.82) is 0 Å². The van der Waals surface area contributed by atoms with Gasteiger partial charge in [-0.05, 0) is 31.0 Å². The summed E-state index contributed by atoms with van der Waals surface area (Å²) in [5, 5.41) is 0. The Bertz CT molecular complexity index is 488. The predicted octanol–water partition coefficient (Wildman–Crippen LogP) is 3.27. The molecule has 0 aliphatic rings. The van der Waals surface area contributed by atoms with E-state index < -0.39 is 0 Å². The molecule has 0 spiro atoms. The molecule has 1 aromatic heterocycles. The largest absolute Gasteiger partial charge is 0.300 e. The Hall–Kier alpha value is -1.96. The number of aryl methyl sites for hydroxylation is 1. The maximum Gasteiger partial charge on any atom is 0.130 e. The van der Waals surface area contributed by atoms with Crippen LogP contribution in [0.4, 0.5) is 0 Å². The monoisotopic (exact) mass is 225 g/mol. The van der Waals surface area contributed by atoms with Crippen LogP contribution in [0.1, 0.15) is 18.9 Å². The lowest BCUT2D eigenvalue weighted by molar-refractivity contribution is -0.116. The van der Waals surface area contributed by atoms with Crippen molar-refractivity contribution in [1.82, 2.24) is 4.98 Å². The molecule has 0 unspecified atom stereocenters. The van der Waals surface area contributed by atoms with Gasteiger partial charge in [0, 0.05) is 18.2 Å². The van der Waals surface area contributed by atoms with Gasteiger partial charge in [-0.15, -0.1) is 0 Å². The molecular formula is C15H15NO. The Morgan fingerprint density at radius 3 is 2.47 bits per heavy atom. The zero-order chi connectivity index (χ0) is 12.1. The zero-order valence-electron chi connectivity index (χ0n) is 9.89. The Labute approximate surface area is 101 Å². The summed E-state index contributed by atoms with van der Waals surface area (Å²) in [6, 6.07) is 14.1. The van der Waals surface area contributed by atoms with Crippen LogP contribution in [0.5, 0.6) is 0 Å². The molecule has 2 nitrogen and oxygen atoms in total. The molecule has 0 aliphatic carbocycles. The van der Waals surface area contributed by atoms with E-state index in [1.54, 1.807) is 13.1 Å². The Morgan fingerprint density at radius 2 is 1.88 bits per heavy atom. The lowest BCUT2D eigenvalue weighted by Crippen LogP contribution is -1.93. The van der Waals surface area contributed by atoms with E-state index in [0.29, 0.717) is 6.42 Å². The van der Waals surface area contributed by atoms with Crippen LogP contribution in [0.25, 0.3) is 11.3 Å². The van der Waals surface area contributed by atoms with Crippen molar-refractivity contribution in [2.75, 3.05) is 0 Å². The molecule has 0 aliphatic heterocycles. The zero-order valence-corrected chi connectivity index (χ0v) is 9.89. The van der Waals surface area contributed by atoms with Gasteiger partial charge in [-0.2, -0.15) is 0 Å². The third kappa shape index (κ3) is 3.25. The second kappa shape index (κ2) is 5.39. The van der Waals surface area contributed by atoms with Crippen molar-refractivity contribution in [2.45, 2.75) is 19.8 Å². The summed E-state index contributed by atoms with van der Waals surface area (Å²) in [4.78, 5) is 15.2. The average molecular weight is 225 g/mol. The summed E-state index contributed by atoms with van der Waals surface area (Å²) in [5.41, 5.74) is 3.28. The predicted molar refractivity (Wildman–Crippen MR) is 68.7 cm³/mol. The quantitative estimate of drug-likeness (QED) is 0.799. The smallest absolute Gasteiger partial charge is 0.130 e. The van der Waals surface area contributed by atoms with Crippen molar-refractivity contribution >= 4 is 5.78 Å². The standard InChI is InChI=1S/C15H15NO/c1-12(17)5-6-13-7-9-14(10-8-13)15-4-2-3-11-16-15/h2-4,7-11H,5-6H2,1H3. The molecule has 2 heteroatoms. The molecule has 0 amide bonds. The molecule has 0 radical (unpaired) electrons. The second-order valence-electron chi connectivity index (χ2n) is 4.11. The second-order valence-corrected chi connectivity index (χ2v) is 4.11. The summed E-state index contributed by atoms with van der Waals surface area (Å²) < 4.78 is 0. The van der Waals surface area contributed by atoms with Crippen LogP contribution in [0.3, 0.4) is 0 Å². The summed E-state index contributed by atoms with van der Waals surface area (Å²) in [6.45, 7) is 1.63. The highest BCUT2D eigenvalue weighted by atomic mass is 16.1. The molecule has 1 aromatic carbocycles. The average Bonchev–Trinajstić information content (AvgIpc) is 2.38. The van der Waals surface area contributed by atoms with E-state index in [4.69, 9.17) is 0 Å². The van der Waals surface area contributed by atoms with Crippen LogP contribution >= 0.6 is 0 Å². The van der Waals surface area contributed by atoms with E-state index >= 15 is 0 Å². The van der Waals surface area contributed by atoms with E-state index in [-0.39, 0.29) is 5.78 Å². The Balaban J connectivity index is 2.11. The lowest BCUT2D eigenvalue weighted by atomic mass is 10.0. The number of carbonyl (C=O) groups excluding carboxylic acids is 1. The molecular weight excluding hydrogens is 210 g/mol. The van der Waals surface area contributed by atoms with Gasteiger partial charge in [-0.25, -0.2) is 0 Å². The fourth-order valence-electron chi connectivity index (χ4n) is 1.70. The van der Waals surface area contributed by atoms with E-state index in [9.17, 15) is 4.79 Å². The molecule has 2 rings (SSSR count). The van der Waals surface area contributed by atoms with Crippen LogP contribution in [0.2, 0.25) is 0 Å². The third-order valence-corrected chi connectivity index (χ3v) is 2.68. The number of rotatable bonds is 4. The van der Waals surface area contributed by atoms with Crippen molar-refractivity contribution in [3.63, 3.8) is 0 Å². The normalized spacial score (nSPS) is 10.2. The van der Waals surface area contributed by atoms with Gasteiger partial charge in [-0.1, -0.05) is 30.3 Å². The van der Waals surface area contributed by atoms with Gasteiger partial charge < -0.3 is 4.79 Å². The molecule has 0 fully saturated rings. The first-order valence-corrected chi connectivity index (χ1v) is 5.75. The summed E-state index contributed by atoms with van der Waals surface area (Å²) in [7, 11) is 0. The molecule has 0 saturated heterocycles. The summed E-state index contributed by atoms with van der Waals surface area (Å²) in [6.07, 6.45) is 3.22. The first-order chi connectivity index (χ1) is 8.25. The molecule has 2 aromatic rings. The van der Waals surface area contributed by atoms with Gasteiger partial charge in [0.25, 0.3) is 0 Å². The SMILES string of the molecule is CC(=O)CCc1ccc(-c2ccccn2)cc1.